The summed E-state index contributed by atoms with van der Waals surface area (Å²) >= 11 is 6.26. The predicted octanol–water partition coefficient (Wildman–Crippen LogP) is 6.36. The van der Waals surface area contributed by atoms with Crippen LogP contribution in [0.1, 0.15) is 28.2 Å². The summed E-state index contributed by atoms with van der Waals surface area (Å²) in [6, 6.07) is 23.8. The van der Waals surface area contributed by atoms with Gasteiger partial charge in [-0.15, -0.1) is 0 Å². The van der Waals surface area contributed by atoms with Crippen molar-refractivity contribution in [3.63, 3.8) is 0 Å². The summed E-state index contributed by atoms with van der Waals surface area (Å²) < 4.78 is 38.3. The van der Waals surface area contributed by atoms with Gasteiger partial charge in [-0.2, -0.15) is 13.2 Å². The molecule has 6 heteroatoms. The van der Waals surface area contributed by atoms with Crippen molar-refractivity contribution in [2.24, 2.45) is 5.92 Å². The molecule has 1 aliphatic heterocycles. The van der Waals surface area contributed by atoms with E-state index < -0.39 is 11.7 Å². The Morgan fingerprint density at radius 3 is 2.31 bits per heavy atom. The molecule has 0 spiro atoms. The Kier molecular flexibility index (Phi) is 7.19. The minimum Gasteiger partial charge on any atom is -0.312 e. The molecular weight excluding hydrogens is 433 g/mol. The van der Waals surface area contributed by atoms with Gasteiger partial charge in [0.05, 0.1) is 5.56 Å². The Bertz CT molecular complexity index is 1010. The van der Waals surface area contributed by atoms with Gasteiger partial charge in [-0.3, -0.25) is 4.90 Å². The number of likely N-dealkylation sites (tertiary alicyclic amines) is 1. The average molecular weight is 459 g/mol. The van der Waals surface area contributed by atoms with E-state index in [0.717, 1.165) is 48.9 Å². The Hall–Kier alpha value is -2.34. The Morgan fingerprint density at radius 1 is 0.875 bits per heavy atom. The largest absolute Gasteiger partial charge is 0.416 e. The molecule has 2 atom stereocenters. The molecule has 2 unspecified atom stereocenters. The standard InChI is InChI=1S/C26H26ClF3N2/c27-24-8-4-7-21(13-24)25-18-32(16-20-5-2-1-3-6-20)17-22(25)15-31-14-19-9-11-23(12-10-19)26(28,29)30/h1-13,22,25,31H,14-18H2. The van der Waals surface area contributed by atoms with E-state index in [9.17, 15) is 13.2 Å². The van der Waals surface area contributed by atoms with Gasteiger partial charge in [0.1, 0.15) is 0 Å². The summed E-state index contributed by atoms with van der Waals surface area (Å²) in [5, 5.41) is 4.20. The van der Waals surface area contributed by atoms with Gasteiger partial charge in [-0.05, 0) is 46.9 Å². The van der Waals surface area contributed by atoms with E-state index in [1.165, 1.54) is 11.1 Å². The molecule has 168 valence electrons. The van der Waals surface area contributed by atoms with E-state index in [1.54, 1.807) is 12.1 Å². The van der Waals surface area contributed by atoms with Gasteiger partial charge in [0, 0.05) is 43.7 Å². The van der Waals surface area contributed by atoms with Crippen molar-refractivity contribution in [3.05, 3.63) is 106 Å². The highest BCUT2D eigenvalue weighted by atomic mass is 35.5. The Morgan fingerprint density at radius 2 is 1.62 bits per heavy atom. The highest BCUT2D eigenvalue weighted by Crippen LogP contribution is 2.34. The lowest BCUT2D eigenvalue weighted by atomic mass is 9.89. The van der Waals surface area contributed by atoms with Gasteiger partial charge in [0.25, 0.3) is 0 Å². The van der Waals surface area contributed by atoms with E-state index >= 15 is 0 Å². The number of benzene rings is 3. The van der Waals surface area contributed by atoms with Gasteiger partial charge in [0.2, 0.25) is 0 Å². The van der Waals surface area contributed by atoms with E-state index in [1.807, 2.05) is 24.3 Å². The number of halogens is 4. The topological polar surface area (TPSA) is 15.3 Å². The molecule has 0 aromatic heterocycles. The van der Waals surface area contributed by atoms with Crippen LogP contribution in [0.4, 0.5) is 13.2 Å². The quantitative estimate of drug-likeness (QED) is 0.443. The molecule has 3 aromatic carbocycles. The number of hydrogen-bond donors (Lipinski definition) is 1. The monoisotopic (exact) mass is 458 g/mol. The van der Waals surface area contributed by atoms with Crippen molar-refractivity contribution in [3.8, 4) is 0 Å². The fraction of sp³-hybridized carbons (Fsp3) is 0.308. The third-order valence-electron chi connectivity index (χ3n) is 6.06. The third kappa shape index (κ3) is 5.91. The molecule has 0 amide bonds. The van der Waals surface area contributed by atoms with Crippen LogP contribution < -0.4 is 5.32 Å². The summed E-state index contributed by atoms with van der Waals surface area (Å²) in [4.78, 5) is 2.46. The van der Waals surface area contributed by atoms with Crippen molar-refractivity contribution in [1.82, 2.24) is 10.2 Å². The maximum absolute atomic E-state index is 12.8. The second kappa shape index (κ2) is 10.1. The smallest absolute Gasteiger partial charge is 0.312 e. The van der Waals surface area contributed by atoms with Gasteiger partial charge in [0.15, 0.2) is 0 Å². The van der Waals surface area contributed by atoms with Gasteiger partial charge >= 0.3 is 6.18 Å². The van der Waals surface area contributed by atoms with Gasteiger partial charge in [-0.1, -0.05) is 66.2 Å². The van der Waals surface area contributed by atoms with Gasteiger partial charge in [-0.25, -0.2) is 0 Å². The summed E-state index contributed by atoms with van der Waals surface area (Å²) in [6.07, 6.45) is -4.30. The second-order valence-corrected chi connectivity index (χ2v) is 8.86. The molecule has 0 aliphatic carbocycles. The van der Waals surface area contributed by atoms with Crippen molar-refractivity contribution < 1.29 is 13.2 Å². The predicted molar refractivity (Wildman–Crippen MR) is 123 cm³/mol. The molecule has 1 fully saturated rings. The number of rotatable bonds is 7. The first-order valence-electron chi connectivity index (χ1n) is 10.8. The molecular formula is C26H26ClF3N2. The van der Waals surface area contributed by atoms with Crippen LogP contribution in [0.25, 0.3) is 0 Å². The molecule has 1 N–H and O–H groups in total. The highest BCUT2D eigenvalue weighted by molar-refractivity contribution is 6.30. The number of nitrogens with one attached hydrogen (secondary N) is 1. The van der Waals surface area contributed by atoms with Crippen LogP contribution in [0.3, 0.4) is 0 Å². The fourth-order valence-electron chi connectivity index (χ4n) is 4.47. The molecule has 0 saturated carbocycles. The minimum absolute atomic E-state index is 0.345. The maximum Gasteiger partial charge on any atom is 0.416 e. The van der Waals surface area contributed by atoms with Gasteiger partial charge < -0.3 is 5.32 Å². The number of alkyl halides is 3. The highest BCUT2D eigenvalue weighted by Gasteiger charge is 2.33. The zero-order chi connectivity index (χ0) is 22.6. The maximum atomic E-state index is 12.8. The minimum atomic E-state index is -4.30. The van der Waals surface area contributed by atoms with Crippen LogP contribution in [0.2, 0.25) is 5.02 Å². The Balaban J connectivity index is 1.41. The van der Waals surface area contributed by atoms with Crippen molar-refractivity contribution in [2.75, 3.05) is 19.6 Å². The molecule has 1 saturated heterocycles. The molecule has 3 aromatic rings. The molecule has 1 aliphatic rings. The van der Waals surface area contributed by atoms with E-state index in [4.69, 9.17) is 11.6 Å². The van der Waals surface area contributed by atoms with E-state index in [0.29, 0.717) is 18.4 Å². The zero-order valence-electron chi connectivity index (χ0n) is 17.7. The van der Waals surface area contributed by atoms with Crippen LogP contribution in [-0.4, -0.2) is 24.5 Å². The molecule has 2 nitrogen and oxygen atoms in total. The summed E-state index contributed by atoms with van der Waals surface area (Å²) in [6.45, 7) is 4.11. The van der Waals surface area contributed by atoms with Crippen molar-refractivity contribution in [2.45, 2.75) is 25.2 Å². The van der Waals surface area contributed by atoms with E-state index in [-0.39, 0.29) is 0 Å². The first kappa shape index (κ1) is 22.8. The lowest BCUT2D eigenvalue weighted by molar-refractivity contribution is -0.137. The molecule has 0 bridgehead atoms. The average Bonchev–Trinajstić information content (AvgIpc) is 3.17. The number of nitrogens with zero attached hydrogens (tertiary/aromatic N) is 1. The molecule has 1 heterocycles. The SMILES string of the molecule is FC(F)(F)c1ccc(CNCC2CN(Cc3ccccc3)CC2c2cccc(Cl)c2)cc1. The van der Waals surface area contributed by atoms with Crippen molar-refractivity contribution in [1.29, 1.82) is 0 Å². The fourth-order valence-corrected chi connectivity index (χ4v) is 4.67. The summed E-state index contributed by atoms with van der Waals surface area (Å²) in [7, 11) is 0. The van der Waals surface area contributed by atoms with Crippen LogP contribution in [0.5, 0.6) is 0 Å². The number of hydrogen-bond acceptors (Lipinski definition) is 2. The normalized spacial score (nSPS) is 19.4. The van der Waals surface area contributed by atoms with Crippen LogP contribution in [-0.2, 0) is 19.3 Å². The lowest BCUT2D eigenvalue weighted by Gasteiger charge is -2.20. The molecule has 32 heavy (non-hydrogen) atoms. The second-order valence-electron chi connectivity index (χ2n) is 8.43. The van der Waals surface area contributed by atoms with Crippen LogP contribution >= 0.6 is 11.6 Å². The Labute approximate surface area is 192 Å². The summed E-state index contributed by atoms with van der Waals surface area (Å²) in [5.74, 6) is 0.726. The van der Waals surface area contributed by atoms with Crippen LogP contribution in [0.15, 0.2) is 78.9 Å². The third-order valence-corrected chi connectivity index (χ3v) is 6.29. The van der Waals surface area contributed by atoms with Crippen molar-refractivity contribution >= 4 is 11.6 Å². The first-order chi connectivity index (χ1) is 15.4. The lowest BCUT2D eigenvalue weighted by Crippen LogP contribution is -2.27. The molecule has 4 rings (SSSR count). The molecule has 0 radical (unpaired) electrons. The summed E-state index contributed by atoms with van der Waals surface area (Å²) in [5.41, 5.74) is 2.75. The zero-order valence-corrected chi connectivity index (χ0v) is 18.4. The van der Waals surface area contributed by atoms with Crippen LogP contribution in [0, 0.1) is 5.92 Å². The first-order valence-corrected chi connectivity index (χ1v) is 11.1. The van der Waals surface area contributed by atoms with E-state index in [2.05, 4.69) is 40.5 Å².